The Hall–Kier alpha value is -2.20. The Kier molecular flexibility index (Phi) is 4.85. The van der Waals surface area contributed by atoms with Crippen LogP contribution in [0.3, 0.4) is 0 Å². The van der Waals surface area contributed by atoms with Crippen LogP contribution in [0.2, 0.25) is 5.02 Å². The molecule has 0 aliphatic carbocycles. The minimum atomic E-state index is -0.857. The summed E-state index contributed by atoms with van der Waals surface area (Å²) < 4.78 is 10.8. The van der Waals surface area contributed by atoms with Gasteiger partial charge in [-0.15, -0.1) is 0 Å². The lowest BCUT2D eigenvalue weighted by molar-refractivity contribution is -0.136. The van der Waals surface area contributed by atoms with Gasteiger partial charge in [0.25, 0.3) is 0 Å². The van der Waals surface area contributed by atoms with Crippen LogP contribution in [-0.4, -0.2) is 17.9 Å². The predicted octanol–water partition coefficient (Wildman–Crippen LogP) is 3.38. The maximum Gasteiger partial charge on any atom is 0.307 e. The summed E-state index contributed by atoms with van der Waals surface area (Å²) in [4.78, 5) is 10.5. The van der Waals surface area contributed by atoms with Crippen LogP contribution in [-0.2, 0) is 11.2 Å². The molecule has 0 saturated carbocycles. The summed E-state index contributed by atoms with van der Waals surface area (Å²) in [6.07, 6.45) is 0.00154. The van der Waals surface area contributed by atoms with E-state index in [1.165, 1.54) is 0 Å². The zero-order chi connectivity index (χ0) is 14.4. The maximum atomic E-state index is 10.5. The summed E-state index contributed by atoms with van der Waals surface area (Å²) in [5.74, 6) is 0.426. The van der Waals surface area contributed by atoms with Crippen molar-refractivity contribution in [2.45, 2.75) is 6.42 Å². The molecule has 2 aromatic carbocycles. The summed E-state index contributed by atoms with van der Waals surface area (Å²) >= 11 is 5.76. The summed E-state index contributed by atoms with van der Waals surface area (Å²) in [5, 5.41) is 9.31. The zero-order valence-corrected chi connectivity index (χ0v) is 11.3. The van der Waals surface area contributed by atoms with Crippen LogP contribution in [0.25, 0.3) is 0 Å². The van der Waals surface area contributed by atoms with Crippen LogP contribution in [0.5, 0.6) is 11.5 Å². The number of hydrogen-bond donors (Lipinski definition) is 1. The lowest BCUT2D eigenvalue weighted by Gasteiger charge is -2.08. The van der Waals surface area contributed by atoms with Crippen molar-refractivity contribution in [1.29, 1.82) is 0 Å². The zero-order valence-electron chi connectivity index (χ0n) is 10.6. The topological polar surface area (TPSA) is 55.8 Å². The Morgan fingerprint density at radius 2 is 1.45 bits per heavy atom. The first-order chi connectivity index (χ1) is 9.63. The van der Waals surface area contributed by atoms with Gasteiger partial charge in [-0.05, 0) is 42.0 Å². The van der Waals surface area contributed by atoms with Crippen LogP contribution in [0.4, 0.5) is 0 Å². The van der Waals surface area contributed by atoms with Gasteiger partial charge < -0.3 is 14.6 Å². The van der Waals surface area contributed by atoms with Crippen molar-refractivity contribution >= 4 is 17.6 Å². The molecule has 0 aliphatic rings. The third-order valence-corrected chi connectivity index (χ3v) is 2.80. The molecule has 0 aromatic heterocycles. The predicted molar refractivity (Wildman–Crippen MR) is 75.4 cm³/mol. The van der Waals surface area contributed by atoms with Crippen LogP contribution in [0.15, 0.2) is 48.5 Å². The molecule has 0 aliphatic heterocycles. The summed E-state index contributed by atoms with van der Waals surface area (Å²) in [6.45, 7) is 0.0694. The minimum Gasteiger partial charge on any atom is -0.481 e. The first-order valence-electron chi connectivity index (χ1n) is 5.95. The second-order valence-corrected chi connectivity index (χ2v) is 4.51. The molecule has 2 rings (SSSR count). The van der Waals surface area contributed by atoms with Crippen molar-refractivity contribution in [3.8, 4) is 11.5 Å². The van der Waals surface area contributed by atoms with Crippen LogP contribution >= 0.6 is 11.6 Å². The molecule has 0 heterocycles. The highest BCUT2D eigenvalue weighted by molar-refractivity contribution is 6.30. The van der Waals surface area contributed by atoms with Gasteiger partial charge in [0, 0.05) is 5.02 Å². The fourth-order valence-electron chi connectivity index (χ4n) is 1.57. The fraction of sp³-hybridized carbons (Fsp3) is 0.133. The average Bonchev–Trinajstić information content (AvgIpc) is 2.42. The van der Waals surface area contributed by atoms with Gasteiger partial charge in [0.1, 0.15) is 11.5 Å². The van der Waals surface area contributed by atoms with Crippen LogP contribution in [0.1, 0.15) is 5.56 Å². The quantitative estimate of drug-likeness (QED) is 0.829. The second kappa shape index (κ2) is 6.82. The molecule has 1 N–H and O–H groups in total. The van der Waals surface area contributed by atoms with Crippen molar-refractivity contribution in [2.75, 3.05) is 6.79 Å². The second-order valence-electron chi connectivity index (χ2n) is 4.07. The van der Waals surface area contributed by atoms with E-state index in [4.69, 9.17) is 26.2 Å². The first-order valence-corrected chi connectivity index (χ1v) is 6.33. The monoisotopic (exact) mass is 292 g/mol. The molecule has 4 nitrogen and oxygen atoms in total. The van der Waals surface area contributed by atoms with Crippen molar-refractivity contribution < 1.29 is 19.4 Å². The fourth-order valence-corrected chi connectivity index (χ4v) is 1.70. The first kappa shape index (κ1) is 14.2. The Bertz CT molecular complexity index is 563. The van der Waals surface area contributed by atoms with Gasteiger partial charge in [-0.2, -0.15) is 0 Å². The van der Waals surface area contributed by atoms with E-state index >= 15 is 0 Å². The van der Waals surface area contributed by atoms with E-state index in [-0.39, 0.29) is 13.2 Å². The number of aliphatic carboxylic acids is 1. The van der Waals surface area contributed by atoms with Gasteiger partial charge in [-0.1, -0.05) is 23.7 Å². The Labute approximate surface area is 121 Å². The van der Waals surface area contributed by atoms with Crippen molar-refractivity contribution in [1.82, 2.24) is 0 Å². The third kappa shape index (κ3) is 4.48. The number of rotatable bonds is 6. The van der Waals surface area contributed by atoms with Gasteiger partial charge in [0.15, 0.2) is 0 Å². The minimum absolute atomic E-state index is 0.00154. The lowest BCUT2D eigenvalue weighted by atomic mass is 10.1. The normalized spacial score (nSPS) is 10.1. The Balaban J connectivity index is 1.82. The standard InChI is InChI=1S/C15H13ClO4/c16-12-3-7-14(8-4-12)20-10-19-13-5-1-11(2-6-13)9-15(17)18/h1-8H,9-10H2,(H,17,18). The number of hydrogen-bond acceptors (Lipinski definition) is 3. The van der Waals surface area contributed by atoms with E-state index in [1.807, 2.05) is 0 Å². The highest BCUT2D eigenvalue weighted by atomic mass is 35.5. The molecule has 0 spiro atoms. The van der Waals surface area contributed by atoms with E-state index in [0.29, 0.717) is 16.5 Å². The van der Waals surface area contributed by atoms with E-state index < -0.39 is 5.97 Å². The molecule has 0 amide bonds. The molecule has 0 radical (unpaired) electrons. The summed E-state index contributed by atoms with van der Waals surface area (Å²) in [6, 6.07) is 13.8. The number of benzene rings is 2. The van der Waals surface area contributed by atoms with E-state index in [2.05, 4.69) is 0 Å². The molecule has 0 atom stereocenters. The Morgan fingerprint density at radius 3 is 1.95 bits per heavy atom. The number of carboxylic acids is 1. The molecule has 20 heavy (non-hydrogen) atoms. The molecule has 0 fully saturated rings. The van der Waals surface area contributed by atoms with Crippen LogP contribution < -0.4 is 9.47 Å². The van der Waals surface area contributed by atoms with Gasteiger partial charge in [0.05, 0.1) is 6.42 Å². The van der Waals surface area contributed by atoms with Gasteiger partial charge in [0.2, 0.25) is 6.79 Å². The van der Waals surface area contributed by atoms with Crippen LogP contribution in [0, 0.1) is 0 Å². The molecular formula is C15H13ClO4. The lowest BCUT2D eigenvalue weighted by Crippen LogP contribution is -2.05. The molecule has 5 heteroatoms. The Morgan fingerprint density at radius 1 is 0.950 bits per heavy atom. The maximum absolute atomic E-state index is 10.5. The summed E-state index contributed by atoms with van der Waals surface area (Å²) in [5.41, 5.74) is 0.725. The molecule has 2 aromatic rings. The molecule has 104 valence electrons. The largest absolute Gasteiger partial charge is 0.481 e. The van der Waals surface area contributed by atoms with E-state index in [1.54, 1.807) is 48.5 Å². The molecule has 0 saturated heterocycles. The number of carbonyl (C=O) groups is 1. The highest BCUT2D eigenvalue weighted by Crippen LogP contribution is 2.17. The third-order valence-electron chi connectivity index (χ3n) is 2.54. The van der Waals surface area contributed by atoms with E-state index in [9.17, 15) is 4.79 Å². The number of ether oxygens (including phenoxy) is 2. The smallest absolute Gasteiger partial charge is 0.307 e. The van der Waals surface area contributed by atoms with Gasteiger partial charge in [-0.25, -0.2) is 0 Å². The van der Waals surface area contributed by atoms with Crippen molar-refractivity contribution in [2.24, 2.45) is 0 Å². The van der Waals surface area contributed by atoms with Gasteiger partial charge >= 0.3 is 5.97 Å². The average molecular weight is 293 g/mol. The van der Waals surface area contributed by atoms with Crippen molar-refractivity contribution in [3.05, 3.63) is 59.1 Å². The molecular weight excluding hydrogens is 280 g/mol. The van der Waals surface area contributed by atoms with E-state index in [0.717, 1.165) is 5.56 Å². The highest BCUT2D eigenvalue weighted by Gasteiger charge is 2.01. The van der Waals surface area contributed by atoms with Crippen molar-refractivity contribution in [3.63, 3.8) is 0 Å². The molecule has 0 unspecified atom stereocenters. The van der Waals surface area contributed by atoms with Gasteiger partial charge in [-0.3, -0.25) is 4.79 Å². The SMILES string of the molecule is O=C(O)Cc1ccc(OCOc2ccc(Cl)cc2)cc1. The molecule has 0 bridgehead atoms. The number of carboxylic acid groups (broad SMARTS) is 1. The summed E-state index contributed by atoms with van der Waals surface area (Å²) in [7, 11) is 0. The number of halogens is 1.